The number of ether oxygens (including phenoxy) is 2. The second-order valence-electron chi connectivity index (χ2n) is 5.88. The van der Waals surface area contributed by atoms with Crippen LogP contribution in [0.4, 0.5) is 9.59 Å². The third-order valence-electron chi connectivity index (χ3n) is 3.69. The first-order valence-electron chi connectivity index (χ1n) is 7.12. The summed E-state index contributed by atoms with van der Waals surface area (Å²) in [4.78, 5) is 23.1. The van der Waals surface area contributed by atoms with Crippen LogP contribution in [0.2, 0.25) is 0 Å². The van der Waals surface area contributed by atoms with Gasteiger partial charge in [-0.2, -0.15) is 0 Å². The zero-order chi connectivity index (χ0) is 16.3. The number of quaternary nitrogens is 1. The number of rotatable bonds is 2. The van der Waals surface area contributed by atoms with Crippen LogP contribution in [0.5, 0.6) is 11.5 Å². The van der Waals surface area contributed by atoms with Crippen LogP contribution in [-0.4, -0.2) is 51.4 Å². The van der Waals surface area contributed by atoms with Crippen molar-refractivity contribution in [1.29, 1.82) is 0 Å². The zero-order valence-electron chi connectivity index (χ0n) is 13.4. The predicted molar refractivity (Wildman–Crippen MR) is 81.0 cm³/mol. The maximum Gasteiger partial charge on any atom is 0.412 e. The molecular weight excluding hydrogens is 286 g/mol. The van der Waals surface area contributed by atoms with E-state index >= 15 is 0 Å². The summed E-state index contributed by atoms with van der Waals surface area (Å²) in [5, 5.41) is 4.79. The number of amides is 2. The zero-order valence-corrected chi connectivity index (χ0v) is 13.4. The van der Waals surface area contributed by atoms with Crippen molar-refractivity contribution >= 4 is 12.2 Å². The molecule has 0 saturated carbocycles. The van der Waals surface area contributed by atoms with Crippen molar-refractivity contribution in [3.05, 3.63) is 23.3 Å². The average Bonchev–Trinajstić information content (AvgIpc) is 2.48. The molecule has 2 N–H and O–H groups in total. The molecule has 0 radical (unpaired) electrons. The van der Waals surface area contributed by atoms with Gasteiger partial charge in [-0.05, 0) is 12.1 Å². The Labute approximate surface area is 129 Å². The SMILES string of the molecule is CNC(=O)Oc1ccc2c(c1OC(=O)NC)CC[N+](C)(C)C2. The number of benzene rings is 1. The summed E-state index contributed by atoms with van der Waals surface area (Å²) >= 11 is 0. The lowest BCUT2D eigenvalue weighted by atomic mass is 9.97. The summed E-state index contributed by atoms with van der Waals surface area (Å²) in [7, 11) is 7.26. The van der Waals surface area contributed by atoms with Crippen LogP contribution in [0, 0.1) is 0 Å². The lowest BCUT2D eigenvalue weighted by Gasteiger charge is -2.35. The van der Waals surface area contributed by atoms with E-state index in [0.717, 1.165) is 35.1 Å². The van der Waals surface area contributed by atoms with Gasteiger partial charge in [-0.3, -0.25) is 0 Å². The first kappa shape index (κ1) is 16.1. The van der Waals surface area contributed by atoms with Gasteiger partial charge in [0.15, 0.2) is 11.5 Å². The molecule has 0 atom stereocenters. The molecule has 2 amide bonds. The van der Waals surface area contributed by atoms with Crippen molar-refractivity contribution in [2.75, 3.05) is 34.7 Å². The number of likely N-dealkylation sites (N-methyl/N-ethyl adjacent to an activating group) is 1. The molecule has 120 valence electrons. The third-order valence-corrected chi connectivity index (χ3v) is 3.69. The highest BCUT2D eigenvalue weighted by molar-refractivity contribution is 5.75. The fourth-order valence-corrected chi connectivity index (χ4v) is 2.51. The Bertz CT molecular complexity index is 599. The Morgan fingerprint density at radius 3 is 2.36 bits per heavy atom. The van der Waals surface area contributed by atoms with Crippen LogP contribution in [0.1, 0.15) is 11.1 Å². The number of hydrogen-bond donors (Lipinski definition) is 2. The van der Waals surface area contributed by atoms with E-state index in [9.17, 15) is 9.59 Å². The van der Waals surface area contributed by atoms with Gasteiger partial charge in [0, 0.05) is 31.6 Å². The molecule has 7 heteroatoms. The maximum atomic E-state index is 11.6. The summed E-state index contributed by atoms with van der Waals surface area (Å²) in [6.45, 7) is 1.75. The molecule has 1 aromatic carbocycles. The standard InChI is InChI=1S/C15H21N3O4/c1-16-14(19)21-12-6-5-10-9-18(3,4)8-7-11(10)13(12)22-15(20)17-2/h5-6H,7-9H2,1-4H3,(H-,16,17,19,20)/p+1. The van der Waals surface area contributed by atoms with E-state index in [4.69, 9.17) is 9.47 Å². The summed E-state index contributed by atoms with van der Waals surface area (Å²) in [6.07, 6.45) is -0.442. The van der Waals surface area contributed by atoms with Crippen LogP contribution in [0.3, 0.4) is 0 Å². The van der Waals surface area contributed by atoms with E-state index in [1.54, 1.807) is 6.07 Å². The first-order valence-corrected chi connectivity index (χ1v) is 7.12. The molecule has 1 heterocycles. The Morgan fingerprint density at radius 2 is 1.73 bits per heavy atom. The van der Waals surface area contributed by atoms with Gasteiger partial charge in [-0.1, -0.05) is 0 Å². The van der Waals surface area contributed by atoms with E-state index in [2.05, 4.69) is 24.7 Å². The summed E-state index contributed by atoms with van der Waals surface area (Å²) in [5.74, 6) is 0.564. The molecule has 0 unspecified atom stereocenters. The molecule has 1 aliphatic heterocycles. The molecule has 1 aromatic rings. The van der Waals surface area contributed by atoms with Gasteiger partial charge in [-0.25, -0.2) is 9.59 Å². The van der Waals surface area contributed by atoms with Crippen LogP contribution in [0.15, 0.2) is 12.1 Å². The summed E-state index contributed by atoms with van der Waals surface area (Å²) < 4.78 is 11.4. The second kappa shape index (κ2) is 6.23. The quantitative estimate of drug-likeness (QED) is 0.806. The minimum Gasteiger partial charge on any atom is -0.406 e. The van der Waals surface area contributed by atoms with Gasteiger partial charge in [0.25, 0.3) is 0 Å². The van der Waals surface area contributed by atoms with Crippen molar-refractivity contribution in [1.82, 2.24) is 10.6 Å². The van der Waals surface area contributed by atoms with Gasteiger partial charge in [0.2, 0.25) is 0 Å². The third kappa shape index (κ3) is 3.48. The van der Waals surface area contributed by atoms with Gasteiger partial charge in [0.05, 0.1) is 20.6 Å². The minimum atomic E-state index is -0.603. The van der Waals surface area contributed by atoms with Gasteiger partial charge in [-0.15, -0.1) is 0 Å². The van der Waals surface area contributed by atoms with Crippen molar-refractivity contribution in [2.24, 2.45) is 0 Å². The van der Waals surface area contributed by atoms with Crippen molar-refractivity contribution in [2.45, 2.75) is 13.0 Å². The summed E-state index contributed by atoms with van der Waals surface area (Å²) in [5.41, 5.74) is 2.02. The lowest BCUT2D eigenvalue weighted by Crippen LogP contribution is -2.43. The second-order valence-corrected chi connectivity index (χ2v) is 5.88. The van der Waals surface area contributed by atoms with Crippen molar-refractivity contribution in [3.63, 3.8) is 0 Å². The lowest BCUT2D eigenvalue weighted by molar-refractivity contribution is -0.905. The number of carbonyl (C=O) groups is 2. The first-order chi connectivity index (χ1) is 10.4. The summed E-state index contributed by atoms with van der Waals surface area (Å²) in [6, 6.07) is 3.58. The fraction of sp³-hybridized carbons (Fsp3) is 0.467. The predicted octanol–water partition coefficient (Wildman–Crippen LogP) is 1.26. The van der Waals surface area contributed by atoms with E-state index in [1.807, 2.05) is 6.07 Å². The van der Waals surface area contributed by atoms with E-state index in [1.165, 1.54) is 14.1 Å². The molecule has 0 spiro atoms. The molecular formula is C15H22N3O4+. The fourth-order valence-electron chi connectivity index (χ4n) is 2.51. The van der Waals surface area contributed by atoms with Crippen LogP contribution >= 0.6 is 0 Å². The monoisotopic (exact) mass is 308 g/mol. The van der Waals surface area contributed by atoms with Gasteiger partial charge in [0.1, 0.15) is 6.54 Å². The van der Waals surface area contributed by atoms with E-state index in [-0.39, 0.29) is 5.75 Å². The smallest absolute Gasteiger partial charge is 0.406 e. The number of nitrogens with zero attached hydrogens (tertiary/aromatic N) is 1. The molecule has 0 aliphatic carbocycles. The largest absolute Gasteiger partial charge is 0.412 e. The molecule has 2 rings (SSSR count). The van der Waals surface area contributed by atoms with Gasteiger partial charge >= 0.3 is 12.2 Å². The highest BCUT2D eigenvalue weighted by Crippen LogP contribution is 2.37. The molecule has 0 aromatic heterocycles. The normalized spacial score (nSPS) is 15.5. The van der Waals surface area contributed by atoms with Crippen LogP contribution < -0.4 is 20.1 Å². The molecule has 0 bridgehead atoms. The number of fused-ring (bicyclic) bond motifs is 1. The van der Waals surface area contributed by atoms with E-state index < -0.39 is 12.2 Å². The van der Waals surface area contributed by atoms with Crippen LogP contribution in [0.25, 0.3) is 0 Å². The van der Waals surface area contributed by atoms with Gasteiger partial charge < -0.3 is 24.6 Å². The number of nitrogens with one attached hydrogen (secondary N) is 2. The average molecular weight is 308 g/mol. The number of hydrogen-bond acceptors (Lipinski definition) is 4. The Balaban J connectivity index is 2.43. The Morgan fingerprint density at radius 1 is 1.09 bits per heavy atom. The highest BCUT2D eigenvalue weighted by atomic mass is 16.6. The molecule has 0 saturated heterocycles. The Hall–Kier alpha value is -2.28. The van der Waals surface area contributed by atoms with E-state index in [0.29, 0.717) is 5.75 Å². The maximum absolute atomic E-state index is 11.6. The Kier molecular flexibility index (Phi) is 4.56. The van der Waals surface area contributed by atoms with Crippen LogP contribution in [-0.2, 0) is 13.0 Å². The molecule has 22 heavy (non-hydrogen) atoms. The minimum absolute atomic E-state index is 0.244. The molecule has 1 aliphatic rings. The number of carbonyl (C=O) groups excluding carboxylic acids is 2. The van der Waals surface area contributed by atoms with Crippen molar-refractivity contribution in [3.8, 4) is 11.5 Å². The highest BCUT2D eigenvalue weighted by Gasteiger charge is 2.29. The van der Waals surface area contributed by atoms with Crippen molar-refractivity contribution < 1.29 is 23.5 Å². The topological polar surface area (TPSA) is 76.7 Å². The molecule has 0 fully saturated rings. The molecule has 7 nitrogen and oxygen atoms in total.